The molecule has 7 heteroatoms. The molecule has 1 saturated heterocycles. The predicted molar refractivity (Wildman–Crippen MR) is 133 cm³/mol. The van der Waals surface area contributed by atoms with Crippen LogP contribution in [0.15, 0.2) is 66.7 Å². The van der Waals surface area contributed by atoms with Crippen molar-refractivity contribution in [3.8, 4) is 0 Å². The van der Waals surface area contributed by atoms with Crippen LogP contribution in [0.25, 0.3) is 0 Å². The second kappa shape index (κ2) is 10.7. The molecule has 0 aromatic heterocycles. The molecule has 1 heterocycles. The van der Waals surface area contributed by atoms with Crippen LogP contribution in [-0.2, 0) is 20.9 Å². The number of para-hydroxylation sites is 1. The lowest BCUT2D eigenvalue weighted by Gasteiger charge is -2.27. The monoisotopic (exact) mass is 473 g/mol. The third kappa shape index (κ3) is 5.50. The zero-order valence-electron chi connectivity index (χ0n) is 20.1. The molecular formula is C28H31N3O4. The summed E-state index contributed by atoms with van der Waals surface area (Å²) in [5.74, 6) is -1.70. The number of carbonyl (C=O) groups is 4. The number of anilines is 1. The Kier molecular flexibility index (Phi) is 7.44. The Morgan fingerprint density at radius 3 is 2.23 bits per heavy atom. The van der Waals surface area contributed by atoms with Crippen LogP contribution in [0.5, 0.6) is 0 Å². The van der Waals surface area contributed by atoms with Crippen LogP contribution in [-0.4, -0.2) is 34.6 Å². The van der Waals surface area contributed by atoms with Gasteiger partial charge in [-0.05, 0) is 55.0 Å². The molecule has 182 valence electrons. The highest BCUT2D eigenvalue weighted by molar-refractivity contribution is 6.08. The van der Waals surface area contributed by atoms with Crippen molar-refractivity contribution in [3.63, 3.8) is 0 Å². The minimum Gasteiger partial charge on any atom is -0.350 e. The number of hydrogen-bond donors (Lipinski definition) is 2. The van der Waals surface area contributed by atoms with Gasteiger partial charge in [-0.15, -0.1) is 0 Å². The van der Waals surface area contributed by atoms with Crippen molar-refractivity contribution in [3.05, 3.63) is 77.9 Å². The van der Waals surface area contributed by atoms with E-state index in [1.165, 1.54) is 4.90 Å². The van der Waals surface area contributed by atoms with E-state index in [1.807, 2.05) is 62.4 Å². The van der Waals surface area contributed by atoms with Gasteiger partial charge in [0.25, 0.3) is 5.91 Å². The first kappa shape index (κ1) is 24.4. The molecule has 4 amide bonds. The molecule has 35 heavy (non-hydrogen) atoms. The Morgan fingerprint density at radius 1 is 0.943 bits per heavy atom. The number of imide groups is 1. The lowest BCUT2D eigenvalue weighted by atomic mass is 9.85. The molecule has 1 fully saturated rings. The standard InChI is InChI=1S/C28H31N3O4/c1-18(2)15-24(31-27(34)22-13-6-7-14-23(22)28(31)35)26(33)29-17-19-9-8-10-20(16-19)25(32)30-21-11-4-3-5-12-21/h3-12,16,18,22-24H,13-15,17H2,1-2H3,(H,29,33)(H,30,32). The fourth-order valence-electron chi connectivity index (χ4n) is 4.76. The molecule has 2 N–H and O–H groups in total. The Labute approximate surface area is 205 Å². The lowest BCUT2D eigenvalue weighted by Crippen LogP contribution is -2.50. The molecule has 3 atom stereocenters. The average Bonchev–Trinajstić information content (AvgIpc) is 3.11. The zero-order chi connectivity index (χ0) is 24.9. The van der Waals surface area contributed by atoms with E-state index in [1.54, 1.807) is 18.2 Å². The second-order valence-electron chi connectivity index (χ2n) is 9.59. The summed E-state index contributed by atoms with van der Waals surface area (Å²) in [6.45, 7) is 4.12. The summed E-state index contributed by atoms with van der Waals surface area (Å²) in [6, 6.07) is 15.4. The minimum absolute atomic E-state index is 0.122. The Morgan fingerprint density at radius 2 is 1.60 bits per heavy atom. The lowest BCUT2D eigenvalue weighted by molar-refractivity contribution is -0.148. The highest BCUT2D eigenvalue weighted by Crippen LogP contribution is 2.37. The molecule has 7 nitrogen and oxygen atoms in total. The summed E-state index contributed by atoms with van der Waals surface area (Å²) < 4.78 is 0. The van der Waals surface area contributed by atoms with E-state index in [2.05, 4.69) is 10.6 Å². The normalized spacial score (nSPS) is 20.0. The van der Waals surface area contributed by atoms with Crippen molar-refractivity contribution >= 4 is 29.3 Å². The summed E-state index contributed by atoms with van der Waals surface area (Å²) in [5, 5.41) is 5.74. The number of carbonyl (C=O) groups excluding carboxylic acids is 4. The molecule has 0 saturated carbocycles. The molecule has 0 radical (unpaired) electrons. The number of nitrogens with zero attached hydrogens (tertiary/aromatic N) is 1. The van der Waals surface area contributed by atoms with E-state index in [4.69, 9.17) is 0 Å². The van der Waals surface area contributed by atoms with E-state index >= 15 is 0 Å². The molecule has 2 aliphatic rings. The Hall–Kier alpha value is -3.74. The predicted octanol–water partition coefficient (Wildman–Crippen LogP) is 3.92. The number of fused-ring (bicyclic) bond motifs is 1. The highest BCUT2D eigenvalue weighted by atomic mass is 16.2. The van der Waals surface area contributed by atoms with Gasteiger partial charge in [-0.1, -0.05) is 56.3 Å². The first-order valence-corrected chi connectivity index (χ1v) is 12.1. The summed E-state index contributed by atoms with van der Waals surface area (Å²) >= 11 is 0. The van der Waals surface area contributed by atoms with Crippen molar-refractivity contribution in [1.29, 1.82) is 0 Å². The Bertz CT molecular complexity index is 1120. The number of amides is 4. The average molecular weight is 474 g/mol. The largest absolute Gasteiger partial charge is 0.350 e. The van der Waals surface area contributed by atoms with Crippen molar-refractivity contribution in [1.82, 2.24) is 10.2 Å². The molecule has 2 aromatic carbocycles. The van der Waals surface area contributed by atoms with Crippen LogP contribution < -0.4 is 10.6 Å². The van der Waals surface area contributed by atoms with Crippen molar-refractivity contribution < 1.29 is 19.2 Å². The summed E-state index contributed by atoms with van der Waals surface area (Å²) in [4.78, 5) is 53.2. The maximum absolute atomic E-state index is 13.2. The van der Waals surface area contributed by atoms with Gasteiger partial charge >= 0.3 is 0 Å². The Balaban J connectivity index is 1.44. The van der Waals surface area contributed by atoms with Crippen molar-refractivity contribution in [2.45, 2.75) is 45.7 Å². The van der Waals surface area contributed by atoms with E-state index in [9.17, 15) is 19.2 Å². The summed E-state index contributed by atoms with van der Waals surface area (Å²) in [7, 11) is 0. The van der Waals surface area contributed by atoms with Gasteiger partial charge in [-0.2, -0.15) is 0 Å². The third-order valence-corrected chi connectivity index (χ3v) is 6.54. The van der Waals surface area contributed by atoms with Gasteiger partial charge in [-0.3, -0.25) is 24.1 Å². The molecule has 0 bridgehead atoms. The van der Waals surface area contributed by atoms with E-state index in [0.29, 0.717) is 30.5 Å². The van der Waals surface area contributed by atoms with E-state index < -0.39 is 6.04 Å². The molecule has 3 unspecified atom stereocenters. The van der Waals surface area contributed by atoms with E-state index in [-0.39, 0.29) is 47.9 Å². The van der Waals surface area contributed by atoms with Gasteiger partial charge in [0.1, 0.15) is 6.04 Å². The molecule has 1 aliphatic carbocycles. The fourth-order valence-corrected chi connectivity index (χ4v) is 4.76. The smallest absolute Gasteiger partial charge is 0.255 e. The zero-order valence-corrected chi connectivity index (χ0v) is 20.1. The second-order valence-corrected chi connectivity index (χ2v) is 9.59. The van der Waals surface area contributed by atoms with Crippen molar-refractivity contribution in [2.75, 3.05) is 5.32 Å². The molecular weight excluding hydrogens is 442 g/mol. The number of rotatable bonds is 8. The fraction of sp³-hybridized carbons (Fsp3) is 0.357. The quantitative estimate of drug-likeness (QED) is 0.449. The molecule has 4 rings (SSSR count). The minimum atomic E-state index is -0.842. The van der Waals surface area contributed by atoms with Gasteiger partial charge in [0.15, 0.2) is 0 Å². The molecule has 1 aliphatic heterocycles. The summed E-state index contributed by atoms with van der Waals surface area (Å²) in [5.41, 5.74) is 1.92. The van der Waals surface area contributed by atoms with Crippen molar-refractivity contribution in [2.24, 2.45) is 17.8 Å². The number of allylic oxidation sites excluding steroid dienone is 2. The first-order valence-electron chi connectivity index (χ1n) is 12.1. The SMILES string of the molecule is CC(C)CC(C(=O)NCc1cccc(C(=O)Nc2ccccc2)c1)N1C(=O)C2CC=CCC2C1=O. The first-order chi connectivity index (χ1) is 16.8. The third-order valence-electron chi connectivity index (χ3n) is 6.54. The topological polar surface area (TPSA) is 95.6 Å². The van der Waals surface area contributed by atoms with Gasteiger partial charge in [-0.25, -0.2) is 0 Å². The van der Waals surface area contributed by atoms with Crippen LogP contribution >= 0.6 is 0 Å². The number of hydrogen-bond acceptors (Lipinski definition) is 4. The molecule has 2 aromatic rings. The highest BCUT2D eigenvalue weighted by Gasteiger charge is 2.51. The maximum Gasteiger partial charge on any atom is 0.255 e. The van der Waals surface area contributed by atoms with Crippen LogP contribution in [0.3, 0.4) is 0 Å². The van der Waals surface area contributed by atoms with E-state index in [0.717, 1.165) is 5.56 Å². The van der Waals surface area contributed by atoms with Gasteiger partial charge in [0.2, 0.25) is 17.7 Å². The molecule has 0 spiro atoms. The van der Waals surface area contributed by atoms with Crippen LogP contribution in [0, 0.1) is 17.8 Å². The van der Waals surface area contributed by atoms with Crippen LogP contribution in [0.4, 0.5) is 5.69 Å². The van der Waals surface area contributed by atoms with Gasteiger partial charge in [0, 0.05) is 17.8 Å². The number of likely N-dealkylation sites (tertiary alicyclic amines) is 1. The van der Waals surface area contributed by atoms with Crippen LogP contribution in [0.2, 0.25) is 0 Å². The number of nitrogens with one attached hydrogen (secondary N) is 2. The van der Waals surface area contributed by atoms with Gasteiger partial charge in [0.05, 0.1) is 11.8 Å². The number of benzene rings is 2. The summed E-state index contributed by atoms with van der Waals surface area (Å²) in [6.07, 6.45) is 5.36. The maximum atomic E-state index is 13.2. The van der Waals surface area contributed by atoms with Gasteiger partial charge < -0.3 is 10.6 Å². The van der Waals surface area contributed by atoms with Crippen LogP contribution in [0.1, 0.15) is 49.0 Å².